The average Bonchev–Trinajstić information content (AvgIpc) is 2.60. The highest BCUT2D eigenvalue weighted by Gasteiger charge is 2.22. The van der Waals surface area contributed by atoms with Gasteiger partial charge in [0.15, 0.2) is 0 Å². The minimum atomic E-state index is 0.266. The summed E-state index contributed by atoms with van der Waals surface area (Å²) in [6.45, 7) is 8.19. The number of hydrogen-bond donors (Lipinski definition) is 1. The van der Waals surface area contributed by atoms with E-state index in [1.807, 2.05) is 24.1 Å². The van der Waals surface area contributed by atoms with Gasteiger partial charge in [-0.05, 0) is 20.4 Å². The molecule has 0 radical (unpaired) electrons. The molecule has 0 saturated carbocycles. The van der Waals surface area contributed by atoms with Crippen LogP contribution in [0.4, 0.5) is 0 Å². The largest absolute Gasteiger partial charge is 0.336 e. The van der Waals surface area contributed by atoms with Gasteiger partial charge >= 0.3 is 0 Å². The van der Waals surface area contributed by atoms with Gasteiger partial charge in [0.05, 0.1) is 18.1 Å². The molecule has 1 rings (SSSR count). The SMILES string of the molecule is CCN(C(C)C)C(CN)c1cncn1C. The summed E-state index contributed by atoms with van der Waals surface area (Å²) in [6.07, 6.45) is 3.73. The third-order valence-corrected chi connectivity index (χ3v) is 2.85. The van der Waals surface area contributed by atoms with E-state index in [-0.39, 0.29) is 6.04 Å². The van der Waals surface area contributed by atoms with Crippen LogP contribution in [0.15, 0.2) is 12.5 Å². The average molecular weight is 210 g/mol. The minimum absolute atomic E-state index is 0.266. The zero-order chi connectivity index (χ0) is 11.4. The lowest BCUT2D eigenvalue weighted by atomic mass is 10.1. The van der Waals surface area contributed by atoms with Crippen molar-refractivity contribution in [3.8, 4) is 0 Å². The Hall–Kier alpha value is -0.870. The molecule has 0 aliphatic heterocycles. The van der Waals surface area contributed by atoms with Crippen molar-refractivity contribution in [3.63, 3.8) is 0 Å². The molecule has 0 amide bonds. The summed E-state index contributed by atoms with van der Waals surface area (Å²) < 4.78 is 2.04. The summed E-state index contributed by atoms with van der Waals surface area (Å²) >= 11 is 0. The standard InChI is InChI=1S/C11H22N4/c1-5-15(9(2)3)10(6-12)11-7-13-8-14(11)4/h7-10H,5-6,12H2,1-4H3. The van der Waals surface area contributed by atoms with Gasteiger partial charge in [-0.25, -0.2) is 4.98 Å². The molecule has 86 valence electrons. The van der Waals surface area contributed by atoms with Crippen LogP contribution in [0, 0.1) is 0 Å². The monoisotopic (exact) mass is 210 g/mol. The van der Waals surface area contributed by atoms with E-state index in [9.17, 15) is 0 Å². The number of likely N-dealkylation sites (N-methyl/N-ethyl adjacent to an activating group) is 1. The Morgan fingerprint density at radius 3 is 2.53 bits per heavy atom. The normalized spacial score (nSPS) is 13.8. The molecule has 1 unspecified atom stereocenters. The van der Waals surface area contributed by atoms with E-state index in [2.05, 4.69) is 30.7 Å². The van der Waals surface area contributed by atoms with Crippen LogP contribution in [0.1, 0.15) is 32.5 Å². The molecule has 1 aromatic rings. The fraction of sp³-hybridized carbons (Fsp3) is 0.727. The molecule has 1 heterocycles. The smallest absolute Gasteiger partial charge is 0.0946 e. The van der Waals surface area contributed by atoms with Crippen molar-refractivity contribution in [1.82, 2.24) is 14.5 Å². The van der Waals surface area contributed by atoms with E-state index in [4.69, 9.17) is 5.73 Å². The first-order valence-corrected chi connectivity index (χ1v) is 5.53. The number of rotatable bonds is 5. The molecule has 0 saturated heterocycles. The molecule has 4 heteroatoms. The van der Waals surface area contributed by atoms with Gasteiger partial charge in [0.2, 0.25) is 0 Å². The highest BCUT2D eigenvalue weighted by molar-refractivity contribution is 5.06. The van der Waals surface area contributed by atoms with E-state index in [0.29, 0.717) is 12.6 Å². The number of imidazole rings is 1. The molecule has 0 aliphatic carbocycles. The summed E-state index contributed by atoms with van der Waals surface area (Å²) in [5, 5.41) is 0. The molecule has 4 nitrogen and oxygen atoms in total. The van der Waals surface area contributed by atoms with E-state index >= 15 is 0 Å². The molecule has 1 aromatic heterocycles. The molecule has 0 aliphatic rings. The Morgan fingerprint density at radius 2 is 2.20 bits per heavy atom. The number of aryl methyl sites for hydroxylation is 1. The first-order chi connectivity index (χ1) is 7.11. The number of nitrogens with two attached hydrogens (primary N) is 1. The van der Waals surface area contributed by atoms with Gasteiger partial charge < -0.3 is 10.3 Å². The Bertz CT molecular complexity index is 293. The van der Waals surface area contributed by atoms with Crippen LogP contribution in [0.2, 0.25) is 0 Å². The fourth-order valence-corrected chi connectivity index (χ4v) is 2.06. The highest BCUT2D eigenvalue weighted by Crippen LogP contribution is 2.20. The van der Waals surface area contributed by atoms with Crippen LogP contribution in [-0.2, 0) is 7.05 Å². The van der Waals surface area contributed by atoms with Crippen molar-refractivity contribution < 1.29 is 0 Å². The lowest BCUT2D eigenvalue weighted by molar-refractivity contribution is 0.161. The maximum atomic E-state index is 5.86. The van der Waals surface area contributed by atoms with Gasteiger partial charge in [-0.2, -0.15) is 0 Å². The number of hydrogen-bond acceptors (Lipinski definition) is 3. The van der Waals surface area contributed by atoms with Gasteiger partial charge in [0.1, 0.15) is 0 Å². The van der Waals surface area contributed by atoms with Crippen molar-refractivity contribution in [2.75, 3.05) is 13.1 Å². The summed E-state index contributed by atoms with van der Waals surface area (Å²) in [7, 11) is 2.01. The van der Waals surface area contributed by atoms with Gasteiger partial charge in [-0.1, -0.05) is 6.92 Å². The second-order valence-corrected chi connectivity index (χ2v) is 4.11. The topological polar surface area (TPSA) is 47.1 Å². The van der Waals surface area contributed by atoms with Gasteiger partial charge in [-0.15, -0.1) is 0 Å². The minimum Gasteiger partial charge on any atom is -0.336 e. The third kappa shape index (κ3) is 2.58. The Morgan fingerprint density at radius 1 is 1.53 bits per heavy atom. The van der Waals surface area contributed by atoms with Crippen molar-refractivity contribution in [2.45, 2.75) is 32.9 Å². The van der Waals surface area contributed by atoms with E-state index < -0.39 is 0 Å². The second-order valence-electron chi connectivity index (χ2n) is 4.11. The molecule has 0 aromatic carbocycles. The van der Waals surface area contributed by atoms with E-state index in [1.54, 1.807) is 0 Å². The fourth-order valence-electron chi connectivity index (χ4n) is 2.06. The molecular formula is C11H22N4. The predicted octanol–water partition coefficient (Wildman–Crippen LogP) is 1.15. The van der Waals surface area contributed by atoms with Crippen LogP contribution in [-0.4, -0.2) is 33.6 Å². The second kappa shape index (κ2) is 5.28. The summed E-state index contributed by atoms with van der Waals surface area (Å²) in [5.74, 6) is 0. The first kappa shape index (κ1) is 12.2. The van der Waals surface area contributed by atoms with E-state index in [0.717, 1.165) is 6.54 Å². The van der Waals surface area contributed by atoms with Crippen LogP contribution < -0.4 is 5.73 Å². The van der Waals surface area contributed by atoms with Crippen molar-refractivity contribution in [3.05, 3.63) is 18.2 Å². The predicted molar refractivity (Wildman–Crippen MR) is 62.5 cm³/mol. The van der Waals surface area contributed by atoms with Gasteiger partial charge in [0.25, 0.3) is 0 Å². The maximum absolute atomic E-state index is 5.86. The van der Waals surface area contributed by atoms with Crippen LogP contribution >= 0.6 is 0 Å². The Labute approximate surface area is 92.1 Å². The third-order valence-electron chi connectivity index (χ3n) is 2.85. The summed E-state index contributed by atoms with van der Waals surface area (Å²) in [4.78, 5) is 6.53. The molecule has 1 atom stereocenters. The maximum Gasteiger partial charge on any atom is 0.0946 e. The Balaban J connectivity index is 2.92. The lowest BCUT2D eigenvalue weighted by Gasteiger charge is -2.33. The Kier molecular flexibility index (Phi) is 4.29. The molecule has 0 fully saturated rings. The zero-order valence-corrected chi connectivity index (χ0v) is 10.1. The molecule has 2 N–H and O–H groups in total. The molecule has 15 heavy (non-hydrogen) atoms. The quantitative estimate of drug-likeness (QED) is 0.793. The first-order valence-electron chi connectivity index (χ1n) is 5.53. The van der Waals surface area contributed by atoms with Gasteiger partial charge in [-0.3, -0.25) is 4.90 Å². The van der Waals surface area contributed by atoms with Crippen LogP contribution in [0.5, 0.6) is 0 Å². The van der Waals surface area contributed by atoms with E-state index in [1.165, 1.54) is 5.69 Å². The van der Waals surface area contributed by atoms with Crippen LogP contribution in [0.3, 0.4) is 0 Å². The number of aromatic nitrogens is 2. The zero-order valence-electron chi connectivity index (χ0n) is 10.1. The van der Waals surface area contributed by atoms with Crippen LogP contribution in [0.25, 0.3) is 0 Å². The molecular weight excluding hydrogens is 188 g/mol. The lowest BCUT2D eigenvalue weighted by Crippen LogP contribution is -2.39. The van der Waals surface area contributed by atoms with Crippen molar-refractivity contribution in [1.29, 1.82) is 0 Å². The number of nitrogens with zero attached hydrogens (tertiary/aromatic N) is 3. The highest BCUT2D eigenvalue weighted by atomic mass is 15.2. The molecule has 0 bridgehead atoms. The van der Waals surface area contributed by atoms with Crippen molar-refractivity contribution in [2.24, 2.45) is 12.8 Å². The molecule has 0 spiro atoms. The summed E-state index contributed by atoms with van der Waals surface area (Å²) in [6, 6.07) is 0.765. The van der Waals surface area contributed by atoms with Crippen molar-refractivity contribution >= 4 is 0 Å². The van der Waals surface area contributed by atoms with Gasteiger partial charge in [0, 0.05) is 25.8 Å². The summed E-state index contributed by atoms with van der Waals surface area (Å²) in [5.41, 5.74) is 7.05.